The van der Waals surface area contributed by atoms with Crippen molar-refractivity contribution in [3.63, 3.8) is 0 Å². The van der Waals surface area contributed by atoms with Gasteiger partial charge in [0, 0.05) is 30.5 Å². The van der Waals surface area contributed by atoms with Crippen LogP contribution in [-0.4, -0.2) is 28.6 Å². The number of hydrogen-bond donors (Lipinski definition) is 2. The van der Waals surface area contributed by atoms with Crippen LogP contribution in [0.25, 0.3) is 16.9 Å². The number of methoxy groups -OCH3 is 1. The minimum absolute atomic E-state index is 0.0929. The van der Waals surface area contributed by atoms with Crippen LogP contribution >= 0.6 is 0 Å². The van der Waals surface area contributed by atoms with Gasteiger partial charge in [0.2, 0.25) is 0 Å². The molecule has 6 heteroatoms. The average molecular weight is 417 g/mol. The number of benzene rings is 3. The van der Waals surface area contributed by atoms with Crippen LogP contribution in [0.1, 0.15) is 11.1 Å². The second-order valence-electron chi connectivity index (χ2n) is 7.15. The zero-order chi connectivity index (χ0) is 21.6. The molecule has 0 amide bonds. The van der Waals surface area contributed by atoms with Gasteiger partial charge in [-0.15, -0.1) is 0 Å². The van der Waals surface area contributed by atoms with E-state index in [0.29, 0.717) is 18.7 Å². The van der Waals surface area contributed by atoms with Crippen molar-refractivity contribution in [2.75, 3.05) is 19.0 Å². The summed E-state index contributed by atoms with van der Waals surface area (Å²) < 4.78 is 20.8. The van der Waals surface area contributed by atoms with Crippen LogP contribution in [-0.2, 0) is 13.0 Å². The molecule has 4 rings (SSSR count). The van der Waals surface area contributed by atoms with Crippen molar-refractivity contribution >= 4 is 5.69 Å². The van der Waals surface area contributed by atoms with Crippen molar-refractivity contribution in [1.82, 2.24) is 9.78 Å². The van der Waals surface area contributed by atoms with Crippen LogP contribution in [0.15, 0.2) is 79.0 Å². The minimum Gasteiger partial charge on any atom is -0.495 e. The van der Waals surface area contributed by atoms with E-state index in [0.717, 1.165) is 33.8 Å². The lowest BCUT2D eigenvalue weighted by Crippen LogP contribution is -2.03. The third kappa shape index (κ3) is 4.75. The third-order valence-corrected chi connectivity index (χ3v) is 5.06. The smallest absolute Gasteiger partial charge is 0.142 e. The summed E-state index contributed by atoms with van der Waals surface area (Å²) in [5, 5.41) is 17.4. The molecule has 0 aliphatic rings. The van der Waals surface area contributed by atoms with Crippen molar-refractivity contribution in [3.8, 4) is 22.7 Å². The van der Waals surface area contributed by atoms with Gasteiger partial charge in [-0.25, -0.2) is 9.07 Å². The maximum absolute atomic E-state index is 13.4. The lowest BCUT2D eigenvalue weighted by molar-refractivity contribution is 0.299. The van der Waals surface area contributed by atoms with Gasteiger partial charge in [-0.1, -0.05) is 24.3 Å². The van der Waals surface area contributed by atoms with Gasteiger partial charge in [-0.2, -0.15) is 5.10 Å². The molecule has 0 radical (unpaired) electrons. The number of anilines is 1. The third-order valence-electron chi connectivity index (χ3n) is 5.06. The molecule has 0 fully saturated rings. The molecule has 0 saturated carbocycles. The summed E-state index contributed by atoms with van der Waals surface area (Å²) in [4.78, 5) is 0. The normalized spacial score (nSPS) is 10.8. The maximum atomic E-state index is 13.4. The first-order valence-electron chi connectivity index (χ1n) is 10.1. The summed E-state index contributed by atoms with van der Waals surface area (Å²) in [5.74, 6) is 0.434. The summed E-state index contributed by atoms with van der Waals surface area (Å²) in [6.07, 6.45) is 2.56. The van der Waals surface area contributed by atoms with Crippen molar-refractivity contribution in [2.24, 2.45) is 0 Å². The molecule has 0 bridgehead atoms. The number of aliphatic hydroxyl groups is 1. The van der Waals surface area contributed by atoms with Gasteiger partial charge in [0.1, 0.15) is 11.6 Å². The monoisotopic (exact) mass is 417 g/mol. The zero-order valence-electron chi connectivity index (χ0n) is 17.3. The molecule has 0 unspecified atom stereocenters. The molecule has 4 aromatic rings. The Bertz CT molecular complexity index is 1140. The molecule has 1 aromatic heterocycles. The summed E-state index contributed by atoms with van der Waals surface area (Å²) in [6, 6.07) is 22.1. The molecular formula is C25H24FN3O2. The molecule has 0 saturated heterocycles. The van der Waals surface area contributed by atoms with Gasteiger partial charge >= 0.3 is 0 Å². The Balaban J connectivity index is 1.65. The van der Waals surface area contributed by atoms with E-state index >= 15 is 0 Å². The Kier molecular flexibility index (Phi) is 6.29. The van der Waals surface area contributed by atoms with Gasteiger partial charge in [0.05, 0.1) is 24.2 Å². The predicted molar refractivity (Wildman–Crippen MR) is 120 cm³/mol. The molecular weight excluding hydrogens is 393 g/mol. The van der Waals surface area contributed by atoms with E-state index in [1.807, 2.05) is 59.4 Å². The molecule has 1 heterocycles. The highest BCUT2D eigenvalue weighted by Gasteiger charge is 2.14. The van der Waals surface area contributed by atoms with Gasteiger partial charge in [0.15, 0.2) is 0 Å². The van der Waals surface area contributed by atoms with E-state index in [9.17, 15) is 4.39 Å². The lowest BCUT2D eigenvalue weighted by Gasteiger charge is -2.13. The quantitative estimate of drug-likeness (QED) is 0.431. The molecule has 0 atom stereocenters. The van der Waals surface area contributed by atoms with Crippen LogP contribution in [0.2, 0.25) is 0 Å². The number of nitrogens with one attached hydrogen (secondary N) is 1. The first kappa shape index (κ1) is 20.6. The SMILES string of the molecule is COc1cc(CCO)ccc1NCc1cn(-c2ccccc2)nc1-c1ccc(F)cc1. The fourth-order valence-corrected chi connectivity index (χ4v) is 3.46. The number of halogens is 1. The average Bonchev–Trinajstić information content (AvgIpc) is 3.23. The molecule has 158 valence electrons. The minimum atomic E-state index is -0.279. The second-order valence-corrected chi connectivity index (χ2v) is 7.15. The number of nitrogens with zero attached hydrogens (tertiary/aromatic N) is 2. The van der Waals surface area contributed by atoms with E-state index in [1.165, 1.54) is 12.1 Å². The van der Waals surface area contributed by atoms with Crippen molar-refractivity contribution in [1.29, 1.82) is 0 Å². The zero-order valence-corrected chi connectivity index (χ0v) is 17.3. The molecule has 0 spiro atoms. The Morgan fingerprint density at radius 3 is 2.52 bits per heavy atom. The van der Waals surface area contributed by atoms with E-state index in [1.54, 1.807) is 19.2 Å². The highest BCUT2D eigenvalue weighted by Crippen LogP contribution is 2.29. The van der Waals surface area contributed by atoms with Gasteiger partial charge in [-0.3, -0.25) is 0 Å². The first-order chi connectivity index (χ1) is 15.2. The van der Waals surface area contributed by atoms with Crippen LogP contribution in [0, 0.1) is 5.82 Å². The Morgan fingerprint density at radius 2 is 1.81 bits per heavy atom. The fraction of sp³-hybridized carbons (Fsp3) is 0.160. The van der Waals surface area contributed by atoms with Gasteiger partial charge in [-0.05, 0) is 60.5 Å². The Labute approximate surface area is 180 Å². The number of rotatable bonds is 8. The van der Waals surface area contributed by atoms with Crippen LogP contribution in [0.4, 0.5) is 10.1 Å². The van der Waals surface area contributed by atoms with Gasteiger partial charge < -0.3 is 15.2 Å². The second kappa shape index (κ2) is 9.45. The summed E-state index contributed by atoms with van der Waals surface area (Å²) in [6.45, 7) is 0.602. The van der Waals surface area contributed by atoms with Crippen LogP contribution in [0.3, 0.4) is 0 Å². The summed E-state index contributed by atoms with van der Waals surface area (Å²) in [5.41, 5.74) is 5.40. The van der Waals surface area contributed by atoms with Crippen molar-refractivity contribution in [2.45, 2.75) is 13.0 Å². The molecule has 5 nitrogen and oxygen atoms in total. The highest BCUT2D eigenvalue weighted by molar-refractivity contribution is 5.65. The van der Waals surface area contributed by atoms with E-state index in [-0.39, 0.29) is 12.4 Å². The van der Waals surface area contributed by atoms with Crippen molar-refractivity contribution in [3.05, 3.63) is 95.9 Å². The van der Waals surface area contributed by atoms with E-state index in [4.69, 9.17) is 14.9 Å². The Morgan fingerprint density at radius 1 is 1.03 bits per heavy atom. The molecule has 3 aromatic carbocycles. The molecule has 0 aliphatic heterocycles. The topological polar surface area (TPSA) is 59.3 Å². The summed E-state index contributed by atoms with van der Waals surface area (Å²) in [7, 11) is 1.63. The fourth-order valence-electron chi connectivity index (χ4n) is 3.46. The highest BCUT2D eigenvalue weighted by atomic mass is 19.1. The molecule has 0 aliphatic carbocycles. The summed E-state index contributed by atoms with van der Waals surface area (Å²) >= 11 is 0. The number of aromatic nitrogens is 2. The number of hydrogen-bond acceptors (Lipinski definition) is 4. The first-order valence-corrected chi connectivity index (χ1v) is 10.1. The number of ether oxygens (including phenoxy) is 1. The Hall–Kier alpha value is -3.64. The van der Waals surface area contributed by atoms with Crippen molar-refractivity contribution < 1.29 is 14.2 Å². The lowest BCUT2D eigenvalue weighted by atomic mass is 10.1. The van der Waals surface area contributed by atoms with E-state index < -0.39 is 0 Å². The van der Waals surface area contributed by atoms with Gasteiger partial charge in [0.25, 0.3) is 0 Å². The number of para-hydroxylation sites is 1. The van der Waals surface area contributed by atoms with Crippen LogP contribution in [0.5, 0.6) is 5.75 Å². The number of aliphatic hydroxyl groups excluding tert-OH is 1. The van der Waals surface area contributed by atoms with E-state index in [2.05, 4.69) is 5.32 Å². The molecule has 2 N–H and O–H groups in total. The predicted octanol–water partition coefficient (Wildman–Crippen LogP) is 4.83. The maximum Gasteiger partial charge on any atom is 0.142 e. The van der Waals surface area contributed by atoms with Crippen LogP contribution < -0.4 is 10.1 Å². The standard InChI is InChI=1S/C25H24FN3O2/c1-31-24-15-18(13-14-30)7-12-23(24)27-16-20-17-29(22-5-3-2-4-6-22)28-25(20)19-8-10-21(26)11-9-19/h2-12,15,17,27,30H,13-14,16H2,1H3. The molecule has 31 heavy (non-hydrogen) atoms. The largest absolute Gasteiger partial charge is 0.495 e.